The van der Waals surface area contributed by atoms with Gasteiger partial charge in [-0.25, -0.2) is 13.1 Å². The van der Waals surface area contributed by atoms with Crippen molar-refractivity contribution >= 4 is 28.3 Å². The molecule has 6 nitrogen and oxygen atoms in total. The molecule has 0 bridgehead atoms. The van der Waals surface area contributed by atoms with Crippen LogP contribution in [0.15, 0.2) is 29.2 Å². The van der Waals surface area contributed by atoms with Crippen molar-refractivity contribution in [2.45, 2.75) is 50.0 Å². The summed E-state index contributed by atoms with van der Waals surface area (Å²) in [5.74, 6) is 0.195. The lowest BCUT2D eigenvalue weighted by atomic mass is 10.0. The molecule has 0 aliphatic carbocycles. The molecule has 0 aromatic heterocycles. The van der Waals surface area contributed by atoms with Crippen LogP contribution in [0, 0.1) is 0 Å². The van der Waals surface area contributed by atoms with Gasteiger partial charge in [-0.05, 0) is 63.5 Å². The van der Waals surface area contributed by atoms with Crippen LogP contribution in [0.4, 0.5) is 0 Å². The molecule has 1 saturated heterocycles. The van der Waals surface area contributed by atoms with Gasteiger partial charge in [0.05, 0.1) is 4.90 Å². The van der Waals surface area contributed by atoms with Gasteiger partial charge in [-0.1, -0.05) is 19.1 Å². The van der Waals surface area contributed by atoms with Crippen molar-refractivity contribution in [3.63, 3.8) is 0 Å². The SMILES string of the molecule is CCCN(C(=O)CCc1ccc(S(=O)(=O)NC)cc1)C1CCNCC1.Cl. The molecule has 1 aliphatic heterocycles. The van der Waals surface area contributed by atoms with Gasteiger partial charge < -0.3 is 10.2 Å². The van der Waals surface area contributed by atoms with Crippen LogP contribution in [0.3, 0.4) is 0 Å². The maximum atomic E-state index is 12.7. The van der Waals surface area contributed by atoms with Crippen LogP contribution < -0.4 is 10.0 Å². The van der Waals surface area contributed by atoms with Crippen molar-refractivity contribution in [1.82, 2.24) is 14.9 Å². The molecule has 148 valence electrons. The summed E-state index contributed by atoms with van der Waals surface area (Å²) in [7, 11) is -2.02. The summed E-state index contributed by atoms with van der Waals surface area (Å²) in [6.45, 7) is 4.85. The van der Waals surface area contributed by atoms with Crippen molar-refractivity contribution in [3.05, 3.63) is 29.8 Å². The molecule has 0 radical (unpaired) electrons. The van der Waals surface area contributed by atoms with Crippen molar-refractivity contribution in [1.29, 1.82) is 0 Å². The number of rotatable bonds is 8. The maximum Gasteiger partial charge on any atom is 0.240 e. The Bertz CT molecular complexity index is 659. The monoisotopic (exact) mass is 403 g/mol. The molecular weight excluding hydrogens is 374 g/mol. The number of nitrogens with one attached hydrogen (secondary N) is 2. The molecule has 1 aromatic rings. The largest absolute Gasteiger partial charge is 0.340 e. The Balaban J connectivity index is 0.00000338. The Labute approximate surface area is 163 Å². The minimum Gasteiger partial charge on any atom is -0.340 e. The van der Waals surface area contributed by atoms with Gasteiger partial charge in [-0.15, -0.1) is 12.4 Å². The topological polar surface area (TPSA) is 78.5 Å². The molecule has 0 spiro atoms. The molecule has 1 aromatic carbocycles. The first-order valence-electron chi connectivity index (χ1n) is 9.00. The van der Waals surface area contributed by atoms with E-state index in [4.69, 9.17) is 0 Å². The second kappa shape index (κ2) is 10.9. The number of nitrogens with zero attached hydrogens (tertiary/aromatic N) is 1. The lowest BCUT2D eigenvalue weighted by Crippen LogP contribution is -2.46. The summed E-state index contributed by atoms with van der Waals surface area (Å²) in [5, 5.41) is 3.34. The van der Waals surface area contributed by atoms with Gasteiger partial charge in [0.25, 0.3) is 0 Å². The van der Waals surface area contributed by atoms with Crippen molar-refractivity contribution in [2.24, 2.45) is 0 Å². The molecule has 0 atom stereocenters. The van der Waals surface area contributed by atoms with Crippen molar-refractivity contribution in [3.8, 4) is 0 Å². The number of halogens is 1. The van der Waals surface area contributed by atoms with E-state index in [1.807, 2.05) is 4.90 Å². The highest BCUT2D eigenvalue weighted by atomic mass is 35.5. The molecule has 2 rings (SSSR count). The number of piperidine rings is 1. The van der Waals surface area contributed by atoms with Gasteiger partial charge in [0.2, 0.25) is 15.9 Å². The van der Waals surface area contributed by atoms with E-state index in [0.717, 1.165) is 44.5 Å². The van der Waals surface area contributed by atoms with Gasteiger partial charge in [0, 0.05) is 19.0 Å². The Hall–Kier alpha value is -1.15. The zero-order valence-electron chi connectivity index (χ0n) is 15.5. The first-order valence-corrected chi connectivity index (χ1v) is 10.5. The Morgan fingerprint density at radius 3 is 2.38 bits per heavy atom. The minimum absolute atomic E-state index is 0. The molecule has 0 unspecified atom stereocenters. The standard InChI is InChI=1S/C18H29N3O3S.ClH/c1-3-14-21(16-10-12-20-13-11-16)18(22)9-6-15-4-7-17(8-5-15)25(23,24)19-2;/h4-5,7-8,16,19-20H,3,6,9-14H2,1-2H3;1H. The summed E-state index contributed by atoms with van der Waals surface area (Å²) < 4.78 is 25.8. The zero-order valence-corrected chi connectivity index (χ0v) is 17.2. The number of benzene rings is 1. The van der Waals surface area contributed by atoms with Gasteiger partial charge in [0.1, 0.15) is 0 Å². The summed E-state index contributed by atoms with van der Waals surface area (Å²) >= 11 is 0. The quantitative estimate of drug-likeness (QED) is 0.695. The van der Waals surface area contributed by atoms with Crippen LogP contribution in [0.25, 0.3) is 0 Å². The fourth-order valence-corrected chi connectivity index (χ4v) is 3.95. The zero-order chi connectivity index (χ0) is 18.3. The highest BCUT2D eigenvalue weighted by molar-refractivity contribution is 7.89. The molecule has 26 heavy (non-hydrogen) atoms. The molecule has 1 fully saturated rings. The first-order chi connectivity index (χ1) is 12.0. The fourth-order valence-electron chi connectivity index (χ4n) is 3.22. The van der Waals surface area contributed by atoms with Crippen molar-refractivity contribution in [2.75, 3.05) is 26.7 Å². The van der Waals surface area contributed by atoms with E-state index in [2.05, 4.69) is 17.0 Å². The van der Waals surface area contributed by atoms with Gasteiger partial charge >= 0.3 is 0 Å². The lowest BCUT2D eigenvalue weighted by Gasteiger charge is -2.34. The summed E-state index contributed by atoms with van der Waals surface area (Å²) in [4.78, 5) is 15.0. The normalized spacial score (nSPS) is 15.3. The van der Waals surface area contributed by atoms with E-state index in [1.54, 1.807) is 24.3 Å². The maximum absolute atomic E-state index is 12.7. The number of amides is 1. The third-order valence-corrected chi connectivity index (χ3v) is 6.09. The number of hydrogen-bond acceptors (Lipinski definition) is 4. The fraction of sp³-hybridized carbons (Fsp3) is 0.611. The Kier molecular flexibility index (Phi) is 9.57. The van der Waals surface area contributed by atoms with E-state index in [0.29, 0.717) is 18.9 Å². The minimum atomic E-state index is -3.41. The highest BCUT2D eigenvalue weighted by Gasteiger charge is 2.24. The molecule has 2 N–H and O–H groups in total. The van der Waals surface area contributed by atoms with Crippen LogP contribution in [-0.4, -0.2) is 51.9 Å². The number of carbonyl (C=O) groups is 1. The van der Waals surface area contributed by atoms with E-state index in [9.17, 15) is 13.2 Å². The number of aryl methyl sites for hydroxylation is 1. The molecule has 0 saturated carbocycles. The van der Waals surface area contributed by atoms with Crippen LogP contribution >= 0.6 is 12.4 Å². The second-order valence-corrected chi connectivity index (χ2v) is 8.31. The van der Waals surface area contributed by atoms with Gasteiger partial charge in [-0.3, -0.25) is 4.79 Å². The third kappa shape index (κ3) is 6.23. The number of carbonyl (C=O) groups excluding carboxylic acids is 1. The predicted octanol–water partition coefficient (Wildman–Crippen LogP) is 1.94. The molecular formula is C18H30ClN3O3S. The summed E-state index contributed by atoms with van der Waals surface area (Å²) in [5.41, 5.74) is 0.977. The van der Waals surface area contributed by atoms with Gasteiger partial charge in [0.15, 0.2) is 0 Å². The number of hydrogen-bond donors (Lipinski definition) is 2. The van der Waals surface area contributed by atoms with E-state index >= 15 is 0 Å². The van der Waals surface area contributed by atoms with E-state index in [1.165, 1.54) is 7.05 Å². The predicted molar refractivity (Wildman–Crippen MR) is 106 cm³/mol. The van der Waals surface area contributed by atoms with Crippen LogP contribution in [0.2, 0.25) is 0 Å². The van der Waals surface area contributed by atoms with Crippen LogP contribution in [0.5, 0.6) is 0 Å². The van der Waals surface area contributed by atoms with E-state index in [-0.39, 0.29) is 23.2 Å². The Morgan fingerprint density at radius 2 is 1.85 bits per heavy atom. The Morgan fingerprint density at radius 1 is 1.23 bits per heavy atom. The first kappa shape index (κ1) is 22.9. The smallest absolute Gasteiger partial charge is 0.240 e. The average molecular weight is 404 g/mol. The summed E-state index contributed by atoms with van der Waals surface area (Å²) in [6.07, 6.45) is 4.09. The molecule has 1 amide bonds. The second-order valence-electron chi connectivity index (χ2n) is 6.42. The number of sulfonamides is 1. The molecule has 1 aliphatic rings. The summed E-state index contributed by atoms with van der Waals surface area (Å²) in [6, 6.07) is 7.08. The molecule has 8 heteroatoms. The van der Waals surface area contributed by atoms with E-state index < -0.39 is 10.0 Å². The molecule has 1 heterocycles. The highest BCUT2D eigenvalue weighted by Crippen LogP contribution is 2.16. The van der Waals surface area contributed by atoms with Crippen molar-refractivity contribution < 1.29 is 13.2 Å². The lowest BCUT2D eigenvalue weighted by molar-refractivity contribution is -0.134. The van der Waals surface area contributed by atoms with Gasteiger partial charge in [-0.2, -0.15) is 0 Å². The van der Waals surface area contributed by atoms with Crippen LogP contribution in [-0.2, 0) is 21.2 Å². The average Bonchev–Trinajstić information content (AvgIpc) is 2.65. The van der Waals surface area contributed by atoms with Crippen LogP contribution in [0.1, 0.15) is 38.2 Å². The third-order valence-electron chi connectivity index (χ3n) is 4.66.